The van der Waals surface area contributed by atoms with E-state index in [0.29, 0.717) is 11.8 Å². The molecule has 0 spiro atoms. The summed E-state index contributed by atoms with van der Waals surface area (Å²) in [6, 6.07) is 21.6. The summed E-state index contributed by atoms with van der Waals surface area (Å²) in [5.74, 6) is 0.854. The Morgan fingerprint density at radius 2 is 1.44 bits per heavy atom. The average Bonchev–Trinajstić information content (AvgIpc) is 2.66. The van der Waals surface area contributed by atoms with Crippen molar-refractivity contribution in [2.45, 2.75) is 58.1 Å². The molecule has 1 fully saturated rings. The van der Waals surface area contributed by atoms with E-state index in [1.54, 1.807) is 0 Å². The van der Waals surface area contributed by atoms with Crippen LogP contribution >= 0.6 is 0 Å². The average molecular weight is 383 g/mol. The van der Waals surface area contributed by atoms with Crippen molar-refractivity contribution in [2.24, 2.45) is 11.8 Å². The summed E-state index contributed by atoms with van der Waals surface area (Å²) in [4.78, 5) is 0. The highest BCUT2D eigenvalue weighted by atomic mass is 28.4. The fourth-order valence-corrected chi connectivity index (χ4v) is 9.18. The minimum absolute atomic E-state index is 0.0102. The molecule has 0 heterocycles. The third-order valence-corrected chi connectivity index (χ3v) is 11.2. The first-order chi connectivity index (χ1) is 12.8. The highest BCUT2D eigenvalue weighted by Crippen LogP contribution is 2.38. The van der Waals surface area contributed by atoms with Crippen molar-refractivity contribution < 1.29 is 9.53 Å². The smallest absolute Gasteiger partial charge is 0.261 e. The van der Waals surface area contributed by atoms with Crippen molar-refractivity contribution in [2.75, 3.05) is 6.61 Å². The Bertz CT molecular complexity index is 669. The quantitative estimate of drug-likeness (QED) is 0.779. The molecule has 0 aliphatic heterocycles. The van der Waals surface area contributed by atoms with Crippen LogP contribution in [-0.2, 0) is 4.43 Å². The molecule has 2 aromatic carbocycles. The van der Waals surface area contributed by atoms with Gasteiger partial charge in [-0.3, -0.25) is 0 Å². The highest BCUT2D eigenvalue weighted by Gasteiger charge is 2.50. The zero-order valence-electron chi connectivity index (χ0n) is 17.2. The number of aliphatic hydroxyl groups excluding tert-OH is 1. The van der Waals surface area contributed by atoms with Crippen LogP contribution in [0.15, 0.2) is 60.7 Å². The van der Waals surface area contributed by atoms with Crippen LogP contribution < -0.4 is 10.4 Å². The molecule has 3 atom stereocenters. The molecule has 27 heavy (non-hydrogen) atoms. The van der Waals surface area contributed by atoms with Gasteiger partial charge in [0.15, 0.2) is 0 Å². The summed E-state index contributed by atoms with van der Waals surface area (Å²) in [7, 11) is -2.45. The molecule has 0 amide bonds. The van der Waals surface area contributed by atoms with E-state index < -0.39 is 8.32 Å². The minimum Gasteiger partial charge on any atom is -0.407 e. The zero-order valence-corrected chi connectivity index (χ0v) is 18.2. The Labute approximate surface area is 165 Å². The van der Waals surface area contributed by atoms with Crippen LogP contribution in [0, 0.1) is 11.8 Å². The molecule has 0 radical (unpaired) electrons. The van der Waals surface area contributed by atoms with E-state index in [-0.39, 0.29) is 11.1 Å². The second kappa shape index (κ2) is 8.30. The SMILES string of the molecule is C[C@@H]1CC[C@@H](CO[Si](c2ccccc2)(c2ccccc2)C(C)(C)C)C[C@H]1O. The zero-order chi connectivity index (χ0) is 19.5. The van der Waals surface area contributed by atoms with Crippen molar-refractivity contribution in [1.29, 1.82) is 0 Å². The van der Waals surface area contributed by atoms with Gasteiger partial charge in [0.1, 0.15) is 0 Å². The molecule has 146 valence electrons. The van der Waals surface area contributed by atoms with Gasteiger partial charge < -0.3 is 9.53 Å². The lowest BCUT2D eigenvalue weighted by Crippen LogP contribution is -2.67. The summed E-state index contributed by atoms with van der Waals surface area (Å²) in [6.45, 7) is 9.84. The fourth-order valence-electron chi connectivity index (χ4n) is 4.54. The van der Waals surface area contributed by atoms with Gasteiger partial charge in [-0.25, -0.2) is 0 Å². The van der Waals surface area contributed by atoms with Gasteiger partial charge in [0.2, 0.25) is 0 Å². The first kappa shape index (κ1) is 20.3. The van der Waals surface area contributed by atoms with Crippen LogP contribution in [-0.4, -0.2) is 26.1 Å². The summed E-state index contributed by atoms with van der Waals surface area (Å²) in [6.07, 6.45) is 2.91. The van der Waals surface area contributed by atoms with Crippen molar-refractivity contribution in [3.8, 4) is 0 Å². The van der Waals surface area contributed by atoms with Crippen molar-refractivity contribution in [3.63, 3.8) is 0 Å². The van der Waals surface area contributed by atoms with Gasteiger partial charge in [-0.05, 0) is 46.5 Å². The Hall–Kier alpha value is -1.42. The monoisotopic (exact) mass is 382 g/mol. The van der Waals surface area contributed by atoms with Gasteiger partial charge >= 0.3 is 0 Å². The third kappa shape index (κ3) is 4.21. The van der Waals surface area contributed by atoms with Gasteiger partial charge in [-0.15, -0.1) is 0 Å². The molecule has 1 aliphatic carbocycles. The first-order valence-electron chi connectivity index (χ1n) is 10.3. The van der Waals surface area contributed by atoms with Crippen LogP contribution in [0.1, 0.15) is 47.0 Å². The Kier molecular flexibility index (Phi) is 6.24. The molecule has 3 heteroatoms. The summed E-state index contributed by atoms with van der Waals surface area (Å²) < 4.78 is 7.02. The number of benzene rings is 2. The van der Waals surface area contributed by atoms with Crippen LogP contribution in [0.2, 0.25) is 5.04 Å². The lowest BCUT2D eigenvalue weighted by molar-refractivity contribution is 0.0380. The van der Waals surface area contributed by atoms with Gasteiger partial charge in [0, 0.05) is 6.61 Å². The topological polar surface area (TPSA) is 29.5 Å². The highest BCUT2D eigenvalue weighted by molar-refractivity contribution is 6.99. The second-order valence-electron chi connectivity index (χ2n) is 9.20. The van der Waals surface area contributed by atoms with E-state index in [1.807, 2.05) is 0 Å². The molecule has 0 bridgehead atoms. The van der Waals surface area contributed by atoms with Gasteiger partial charge in [-0.1, -0.05) is 88.4 Å². The normalized spacial score (nSPS) is 24.0. The van der Waals surface area contributed by atoms with Gasteiger partial charge in [-0.2, -0.15) is 0 Å². The predicted octanol–water partition coefficient (Wildman–Crippen LogP) is 4.36. The lowest BCUT2D eigenvalue weighted by Gasteiger charge is -2.44. The maximum absolute atomic E-state index is 10.3. The summed E-state index contributed by atoms with van der Waals surface area (Å²) in [5.41, 5.74) is 0. The Morgan fingerprint density at radius 1 is 0.926 bits per heavy atom. The second-order valence-corrected chi connectivity index (χ2v) is 13.5. The predicted molar refractivity (Wildman–Crippen MR) is 116 cm³/mol. The molecule has 1 saturated carbocycles. The maximum atomic E-state index is 10.3. The molecule has 0 unspecified atom stereocenters. The number of aliphatic hydroxyl groups is 1. The Balaban J connectivity index is 1.97. The van der Waals surface area contributed by atoms with E-state index in [9.17, 15) is 5.11 Å². The number of hydrogen-bond donors (Lipinski definition) is 1. The molecular formula is C24H34O2Si. The fraction of sp³-hybridized carbons (Fsp3) is 0.500. The summed E-state index contributed by atoms with van der Waals surface area (Å²) in [5, 5.41) is 13.0. The van der Waals surface area contributed by atoms with Gasteiger partial charge in [0.25, 0.3) is 8.32 Å². The standard InChI is InChI=1S/C24H34O2Si/c1-19-15-16-20(17-23(19)25)18-26-27(24(2,3)4,21-11-7-5-8-12-21)22-13-9-6-10-14-22/h5-14,19-20,23,25H,15-18H2,1-4H3/t19-,20-,23-/m1/s1. The summed E-state index contributed by atoms with van der Waals surface area (Å²) >= 11 is 0. The van der Waals surface area contributed by atoms with E-state index in [0.717, 1.165) is 25.9 Å². The first-order valence-corrected chi connectivity index (χ1v) is 12.2. The van der Waals surface area contributed by atoms with Crippen LogP contribution in [0.3, 0.4) is 0 Å². The lowest BCUT2D eigenvalue weighted by atomic mass is 9.81. The largest absolute Gasteiger partial charge is 0.407 e. The molecule has 1 N–H and O–H groups in total. The van der Waals surface area contributed by atoms with E-state index in [4.69, 9.17) is 4.43 Å². The van der Waals surface area contributed by atoms with E-state index in [2.05, 4.69) is 88.4 Å². The molecule has 0 aromatic heterocycles. The molecular weight excluding hydrogens is 348 g/mol. The number of hydrogen-bond acceptors (Lipinski definition) is 2. The van der Waals surface area contributed by atoms with Crippen molar-refractivity contribution in [3.05, 3.63) is 60.7 Å². The molecule has 1 aliphatic rings. The molecule has 0 saturated heterocycles. The third-order valence-electron chi connectivity index (χ3n) is 6.21. The van der Waals surface area contributed by atoms with E-state index in [1.165, 1.54) is 10.4 Å². The van der Waals surface area contributed by atoms with Crippen molar-refractivity contribution in [1.82, 2.24) is 0 Å². The van der Waals surface area contributed by atoms with Crippen LogP contribution in [0.25, 0.3) is 0 Å². The van der Waals surface area contributed by atoms with Crippen LogP contribution in [0.4, 0.5) is 0 Å². The van der Waals surface area contributed by atoms with E-state index >= 15 is 0 Å². The van der Waals surface area contributed by atoms with Crippen LogP contribution in [0.5, 0.6) is 0 Å². The minimum atomic E-state index is -2.45. The number of rotatable bonds is 5. The molecule has 3 rings (SSSR count). The maximum Gasteiger partial charge on any atom is 0.261 e. The van der Waals surface area contributed by atoms with Crippen molar-refractivity contribution >= 4 is 18.7 Å². The molecule has 2 aromatic rings. The molecule has 2 nitrogen and oxygen atoms in total. The van der Waals surface area contributed by atoms with Gasteiger partial charge in [0.05, 0.1) is 6.10 Å². The Morgan fingerprint density at radius 3 is 1.89 bits per heavy atom.